The molecule has 0 aromatic heterocycles. The van der Waals surface area contributed by atoms with E-state index < -0.39 is 0 Å². The second-order valence-corrected chi connectivity index (χ2v) is 5.92. The topological polar surface area (TPSA) is 58.4 Å². The van der Waals surface area contributed by atoms with E-state index in [1.54, 1.807) is 30.9 Å². The Morgan fingerprint density at radius 2 is 2.21 bits per heavy atom. The molecule has 0 bridgehead atoms. The smallest absolute Gasteiger partial charge is 0.251 e. The molecule has 0 radical (unpaired) electrons. The summed E-state index contributed by atoms with van der Waals surface area (Å²) in [6.07, 6.45) is 0. The van der Waals surface area contributed by atoms with Gasteiger partial charge < -0.3 is 11.1 Å². The van der Waals surface area contributed by atoms with Gasteiger partial charge in [-0.05, 0) is 31.8 Å². The summed E-state index contributed by atoms with van der Waals surface area (Å²) in [6, 6.07) is 5.38. The van der Waals surface area contributed by atoms with Gasteiger partial charge in [0.05, 0.1) is 5.37 Å². The lowest BCUT2D eigenvalue weighted by Crippen LogP contribution is -2.32. The largest absolute Gasteiger partial charge is 0.355 e. The quantitative estimate of drug-likeness (QED) is 0.787. The number of carbonyl (C=O) groups is 1. The molecule has 0 aliphatic carbocycles. The molecule has 1 aromatic rings. The third-order valence-electron chi connectivity index (χ3n) is 2.75. The molecule has 0 aliphatic rings. The van der Waals surface area contributed by atoms with E-state index in [0.29, 0.717) is 17.1 Å². The molecule has 3 N–H and O–H groups in total. The van der Waals surface area contributed by atoms with Gasteiger partial charge in [-0.1, -0.05) is 17.7 Å². The average Bonchev–Trinajstić information content (AvgIpc) is 2.39. The van der Waals surface area contributed by atoms with Crippen molar-refractivity contribution >= 4 is 29.3 Å². The Morgan fingerprint density at radius 3 is 2.68 bits per heavy atom. The summed E-state index contributed by atoms with van der Waals surface area (Å²) in [6.45, 7) is 0.589. The van der Waals surface area contributed by atoms with Gasteiger partial charge in [0.25, 0.3) is 5.91 Å². The maximum atomic E-state index is 11.5. The number of rotatable bonds is 6. The first-order valence-electron chi connectivity index (χ1n) is 5.98. The first kappa shape index (κ1) is 16.3. The van der Waals surface area contributed by atoms with Gasteiger partial charge in [-0.2, -0.15) is 0 Å². The normalized spacial score (nSPS) is 12.5. The lowest BCUT2D eigenvalue weighted by Gasteiger charge is -2.22. The molecule has 0 heterocycles. The molecule has 19 heavy (non-hydrogen) atoms. The number of nitrogens with one attached hydrogen (secondary N) is 1. The predicted molar refractivity (Wildman–Crippen MR) is 82.7 cm³/mol. The number of benzene rings is 1. The number of halogens is 1. The summed E-state index contributed by atoms with van der Waals surface area (Å²) in [5, 5.41) is 3.45. The Kier molecular flexibility index (Phi) is 6.65. The second kappa shape index (κ2) is 7.75. The fraction of sp³-hybridized carbons (Fsp3) is 0.462. The van der Waals surface area contributed by atoms with Crippen molar-refractivity contribution in [3.63, 3.8) is 0 Å². The molecule has 1 aromatic carbocycles. The summed E-state index contributed by atoms with van der Waals surface area (Å²) in [7, 11) is 5.60. The molecule has 1 atom stereocenters. The second-order valence-electron chi connectivity index (χ2n) is 4.35. The van der Waals surface area contributed by atoms with Crippen molar-refractivity contribution in [1.82, 2.24) is 10.2 Å². The number of amides is 1. The molecule has 0 fully saturated rings. The summed E-state index contributed by atoms with van der Waals surface area (Å²) in [4.78, 5) is 13.6. The Bertz CT molecular complexity index is 440. The highest BCUT2D eigenvalue weighted by Crippen LogP contribution is 2.25. The van der Waals surface area contributed by atoms with Crippen LogP contribution in [0.25, 0.3) is 0 Å². The van der Waals surface area contributed by atoms with E-state index in [1.165, 1.54) is 0 Å². The van der Waals surface area contributed by atoms with Crippen molar-refractivity contribution in [2.24, 2.45) is 5.73 Å². The molecule has 1 unspecified atom stereocenters. The molecular weight excluding hydrogens is 282 g/mol. The van der Waals surface area contributed by atoms with Crippen LogP contribution < -0.4 is 11.1 Å². The minimum atomic E-state index is -0.130. The summed E-state index contributed by atoms with van der Waals surface area (Å²) in [5.74, 6) is 0.640. The Labute approximate surface area is 123 Å². The molecule has 6 heteroatoms. The number of thioether (sulfide) groups is 1. The predicted octanol–water partition coefficient (Wildman–Crippen LogP) is 1.78. The monoisotopic (exact) mass is 301 g/mol. The Hall–Kier alpha value is -0.750. The summed E-state index contributed by atoms with van der Waals surface area (Å²) >= 11 is 7.93. The van der Waals surface area contributed by atoms with Crippen molar-refractivity contribution in [2.45, 2.75) is 11.1 Å². The lowest BCUT2D eigenvalue weighted by atomic mass is 10.1. The number of carbonyl (C=O) groups excluding carboxylic acids is 1. The highest BCUT2D eigenvalue weighted by atomic mass is 35.5. The molecule has 0 spiro atoms. The van der Waals surface area contributed by atoms with Crippen molar-refractivity contribution < 1.29 is 4.79 Å². The van der Waals surface area contributed by atoms with Crippen LogP contribution in [-0.2, 0) is 5.75 Å². The SMILES string of the molecule is CNC(=O)c1ccc(CSC(CN)N(C)C)c(Cl)c1. The molecule has 1 amide bonds. The van der Waals surface area contributed by atoms with Gasteiger partial charge in [0, 0.05) is 29.9 Å². The first-order valence-corrected chi connectivity index (χ1v) is 7.40. The molecule has 1 rings (SSSR count). The van der Waals surface area contributed by atoms with Gasteiger partial charge >= 0.3 is 0 Å². The third kappa shape index (κ3) is 4.69. The maximum absolute atomic E-state index is 11.5. The number of nitrogens with zero attached hydrogens (tertiary/aromatic N) is 1. The van der Waals surface area contributed by atoms with E-state index in [4.69, 9.17) is 17.3 Å². The number of nitrogens with two attached hydrogens (primary N) is 1. The van der Waals surface area contributed by atoms with Crippen LogP contribution in [0.1, 0.15) is 15.9 Å². The van der Waals surface area contributed by atoms with Crippen LogP contribution >= 0.6 is 23.4 Å². The zero-order chi connectivity index (χ0) is 14.4. The molecular formula is C13H20ClN3OS. The fourth-order valence-electron chi connectivity index (χ4n) is 1.56. The van der Waals surface area contributed by atoms with Crippen molar-refractivity contribution in [1.29, 1.82) is 0 Å². The van der Waals surface area contributed by atoms with E-state index in [0.717, 1.165) is 11.3 Å². The Morgan fingerprint density at radius 1 is 1.53 bits per heavy atom. The van der Waals surface area contributed by atoms with Gasteiger partial charge in [-0.15, -0.1) is 11.8 Å². The molecule has 4 nitrogen and oxygen atoms in total. The van der Waals surface area contributed by atoms with Crippen LogP contribution in [0.3, 0.4) is 0 Å². The fourth-order valence-corrected chi connectivity index (χ4v) is 2.95. The highest BCUT2D eigenvalue weighted by Gasteiger charge is 2.12. The van der Waals surface area contributed by atoms with E-state index in [2.05, 4.69) is 10.2 Å². The Balaban J connectivity index is 2.72. The van der Waals surface area contributed by atoms with E-state index in [-0.39, 0.29) is 11.3 Å². The van der Waals surface area contributed by atoms with E-state index >= 15 is 0 Å². The first-order chi connectivity index (χ1) is 8.99. The van der Waals surface area contributed by atoms with Crippen molar-refractivity contribution in [3.8, 4) is 0 Å². The van der Waals surface area contributed by atoms with Gasteiger partial charge in [0.1, 0.15) is 0 Å². The number of likely N-dealkylation sites (N-methyl/N-ethyl adjacent to an activating group) is 1. The molecule has 0 saturated carbocycles. The van der Waals surface area contributed by atoms with Crippen molar-refractivity contribution in [3.05, 3.63) is 34.3 Å². The zero-order valence-corrected chi connectivity index (χ0v) is 13.0. The minimum absolute atomic E-state index is 0.130. The van der Waals surface area contributed by atoms with Crippen molar-refractivity contribution in [2.75, 3.05) is 27.7 Å². The standard InChI is InChI=1S/C13H20ClN3OS/c1-16-13(18)9-4-5-10(11(14)6-9)8-19-12(7-15)17(2)3/h4-6,12H,7-8,15H2,1-3H3,(H,16,18). The lowest BCUT2D eigenvalue weighted by molar-refractivity contribution is 0.0963. The maximum Gasteiger partial charge on any atom is 0.251 e. The van der Waals surface area contributed by atoms with Crippen LogP contribution in [0.2, 0.25) is 5.02 Å². The summed E-state index contributed by atoms with van der Waals surface area (Å²) < 4.78 is 0. The number of hydrogen-bond acceptors (Lipinski definition) is 4. The molecule has 0 saturated heterocycles. The van der Waals surface area contributed by atoms with Gasteiger partial charge in [0.15, 0.2) is 0 Å². The molecule has 0 aliphatic heterocycles. The van der Waals surface area contributed by atoms with Gasteiger partial charge in [0.2, 0.25) is 0 Å². The zero-order valence-electron chi connectivity index (χ0n) is 11.4. The van der Waals surface area contributed by atoms with Crippen LogP contribution in [0.4, 0.5) is 0 Å². The average molecular weight is 302 g/mol. The number of hydrogen-bond donors (Lipinski definition) is 2. The van der Waals surface area contributed by atoms with Gasteiger partial charge in [-0.3, -0.25) is 9.69 Å². The van der Waals surface area contributed by atoms with E-state index in [1.807, 2.05) is 20.2 Å². The third-order valence-corrected chi connectivity index (χ3v) is 4.58. The van der Waals surface area contributed by atoms with Crippen LogP contribution in [0.5, 0.6) is 0 Å². The van der Waals surface area contributed by atoms with Crippen LogP contribution in [0.15, 0.2) is 18.2 Å². The van der Waals surface area contributed by atoms with Gasteiger partial charge in [-0.25, -0.2) is 0 Å². The minimum Gasteiger partial charge on any atom is -0.355 e. The van der Waals surface area contributed by atoms with E-state index in [9.17, 15) is 4.79 Å². The summed E-state index contributed by atoms with van der Waals surface area (Å²) in [5.41, 5.74) is 7.30. The van der Waals surface area contributed by atoms with Crippen LogP contribution in [0, 0.1) is 0 Å². The van der Waals surface area contributed by atoms with Crippen LogP contribution in [-0.4, -0.2) is 43.9 Å². The highest BCUT2D eigenvalue weighted by molar-refractivity contribution is 7.99. The molecule has 106 valence electrons.